The van der Waals surface area contributed by atoms with Gasteiger partial charge >= 0.3 is 0 Å². The molecule has 10 heteroatoms. The SMILES string of the molecule is c1ccncc1.c1ccncc1.c1ccsc1.c1cnccn1.c1cscn1.c1nncs1. The van der Waals surface area contributed by atoms with Crippen molar-refractivity contribution in [1.82, 2.24) is 35.1 Å². The predicted molar refractivity (Wildman–Crippen MR) is 137 cm³/mol. The molecule has 7 nitrogen and oxygen atoms in total. The molecule has 0 bridgehead atoms. The third-order valence-electron chi connectivity index (χ3n) is 2.67. The van der Waals surface area contributed by atoms with Crippen LogP contribution < -0.4 is 0 Å². The fraction of sp³-hybridized carbons (Fsp3) is 0. The molecule has 0 unspecified atom stereocenters. The minimum atomic E-state index is 1.49. The zero-order chi connectivity index (χ0) is 23.3. The molecule has 168 valence electrons. The highest BCUT2D eigenvalue weighted by molar-refractivity contribution is 7.08. The topological polar surface area (TPSA) is 90.2 Å². The van der Waals surface area contributed by atoms with Gasteiger partial charge in [-0.2, -0.15) is 11.3 Å². The minimum absolute atomic E-state index is 1.49. The van der Waals surface area contributed by atoms with E-state index in [1.54, 1.807) is 95.0 Å². The molecule has 0 radical (unpaired) electrons. The molecule has 0 aliphatic carbocycles. The van der Waals surface area contributed by atoms with E-state index < -0.39 is 0 Å². The molecule has 6 aromatic rings. The second kappa shape index (κ2) is 24.5. The van der Waals surface area contributed by atoms with Gasteiger partial charge in [0.1, 0.15) is 11.0 Å². The van der Waals surface area contributed by atoms with Gasteiger partial charge in [-0.05, 0) is 35.0 Å². The molecule has 0 fully saturated rings. The maximum Gasteiger partial charge on any atom is 0.103 e. The van der Waals surface area contributed by atoms with Crippen molar-refractivity contribution < 1.29 is 0 Å². The van der Waals surface area contributed by atoms with Crippen LogP contribution in [0.5, 0.6) is 0 Å². The minimum Gasteiger partial charge on any atom is -0.265 e. The third kappa shape index (κ3) is 22.8. The van der Waals surface area contributed by atoms with Crippen molar-refractivity contribution in [3.63, 3.8) is 0 Å². The van der Waals surface area contributed by atoms with Gasteiger partial charge in [-0.1, -0.05) is 24.3 Å². The molecule has 6 heterocycles. The summed E-state index contributed by atoms with van der Waals surface area (Å²) in [6.45, 7) is 0. The Bertz CT molecular complexity index is 733. The zero-order valence-corrected chi connectivity index (χ0v) is 20.1. The molecule has 0 atom stereocenters. The Morgan fingerprint density at radius 3 is 0.939 bits per heavy atom. The third-order valence-corrected chi connectivity index (χ3v) is 4.25. The Morgan fingerprint density at radius 1 is 0.303 bits per heavy atom. The van der Waals surface area contributed by atoms with Crippen LogP contribution in [0, 0.1) is 0 Å². The second-order valence-corrected chi connectivity index (χ2v) is 7.26. The lowest BCUT2D eigenvalue weighted by molar-refractivity contribution is 1.09. The summed E-state index contributed by atoms with van der Waals surface area (Å²) in [7, 11) is 0. The maximum atomic E-state index is 3.78. The fourth-order valence-electron chi connectivity index (χ4n) is 1.42. The second-order valence-electron chi connectivity index (χ2n) is 4.99. The van der Waals surface area contributed by atoms with Gasteiger partial charge in [0.05, 0.1) is 5.51 Å². The zero-order valence-electron chi connectivity index (χ0n) is 17.6. The summed E-state index contributed by atoms with van der Waals surface area (Å²) >= 11 is 4.81. The monoisotopic (exact) mass is 493 g/mol. The highest BCUT2D eigenvalue weighted by Gasteiger charge is 1.62. The van der Waals surface area contributed by atoms with Crippen molar-refractivity contribution in [3.05, 3.63) is 137 Å². The van der Waals surface area contributed by atoms with Gasteiger partial charge in [0.25, 0.3) is 0 Å². The summed E-state index contributed by atoms with van der Waals surface area (Å²) < 4.78 is 0. The molecule has 0 aliphatic heterocycles. The van der Waals surface area contributed by atoms with Crippen LogP contribution in [0.25, 0.3) is 0 Å². The van der Waals surface area contributed by atoms with E-state index in [1.165, 1.54) is 11.3 Å². The number of hydrogen-bond donors (Lipinski definition) is 0. The van der Waals surface area contributed by atoms with Crippen LogP contribution in [0.1, 0.15) is 0 Å². The largest absolute Gasteiger partial charge is 0.265 e. The van der Waals surface area contributed by atoms with Crippen LogP contribution >= 0.6 is 34.0 Å². The van der Waals surface area contributed by atoms with E-state index in [9.17, 15) is 0 Å². The van der Waals surface area contributed by atoms with E-state index in [2.05, 4.69) is 35.1 Å². The van der Waals surface area contributed by atoms with E-state index in [1.807, 2.05) is 64.7 Å². The first-order valence-electron chi connectivity index (χ1n) is 9.38. The van der Waals surface area contributed by atoms with Gasteiger partial charge in [0.2, 0.25) is 0 Å². The molecule has 0 N–H and O–H groups in total. The molecular formula is C23H23N7S3. The van der Waals surface area contributed by atoms with Gasteiger partial charge in [-0.3, -0.25) is 24.9 Å². The lowest BCUT2D eigenvalue weighted by Gasteiger charge is -1.70. The molecule has 0 saturated heterocycles. The molecule has 0 aliphatic rings. The van der Waals surface area contributed by atoms with Crippen molar-refractivity contribution >= 4 is 34.0 Å². The lowest BCUT2D eigenvalue weighted by atomic mass is 10.5. The number of thiazole rings is 1. The smallest absolute Gasteiger partial charge is 0.103 e. The van der Waals surface area contributed by atoms with Crippen LogP contribution in [0.4, 0.5) is 0 Å². The molecular weight excluding hydrogens is 471 g/mol. The number of nitrogens with zero attached hydrogens (tertiary/aromatic N) is 7. The molecule has 6 rings (SSSR count). The Morgan fingerprint density at radius 2 is 0.788 bits per heavy atom. The number of rotatable bonds is 0. The summed E-state index contributed by atoms with van der Waals surface area (Å²) in [6, 6.07) is 15.5. The van der Waals surface area contributed by atoms with Crippen LogP contribution in [-0.2, 0) is 0 Å². The summed E-state index contributed by atoms with van der Waals surface area (Å²) in [4.78, 5) is 18.8. The van der Waals surface area contributed by atoms with Crippen molar-refractivity contribution in [2.24, 2.45) is 0 Å². The quantitative estimate of drug-likeness (QED) is 0.254. The molecule has 0 spiro atoms. The van der Waals surface area contributed by atoms with Gasteiger partial charge in [-0.15, -0.1) is 32.9 Å². The first kappa shape index (κ1) is 27.3. The average Bonchev–Trinajstić information content (AvgIpc) is 3.76. The van der Waals surface area contributed by atoms with Crippen LogP contribution in [0.3, 0.4) is 0 Å². The summed E-state index contributed by atoms with van der Waals surface area (Å²) in [5.41, 5.74) is 5.15. The Balaban J connectivity index is 0.000000198. The maximum absolute atomic E-state index is 3.78. The number of hydrogen-bond acceptors (Lipinski definition) is 10. The van der Waals surface area contributed by atoms with Crippen LogP contribution in [0.15, 0.2) is 137 Å². The van der Waals surface area contributed by atoms with Crippen molar-refractivity contribution in [1.29, 1.82) is 0 Å². The number of thiophene rings is 1. The molecule has 0 aromatic carbocycles. The van der Waals surface area contributed by atoms with Crippen LogP contribution in [0.2, 0.25) is 0 Å². The predicted octanol–water partition coefficient (Wildman–Crippen LogP) is 6.07. The highest BCUT2D eigenvalue weighted by atomic mass is 32.1. The first-order valence-corrected chi connectivity index (χ1v) is 12.2. The number of pyridine rings is 2. The van der Waals surface area contributed by atoms with E-state index in [4.69, 9.17) is 0 Å². The lowest BCUT2D eigenvalue weighted by Crippen LogP contribution is -1.66. The number of aromatic nitrogens is 7. The molecule has 0 amide bonds. The highest BCUT2D eigenvalue weighted by Crippen LogP contribution is 1.91. The van der Waals surface area contributed by atoms with Gasteiger partial charge in [0.15, 0.2) is 0 Å². The van der Waals surface area contributed by atoms with Gasteiger partial charge < -0.3 is 0 Å². The van der Waals surface area contributed by atoms with Crippen molar-refractivity contribution in [2.75, 3.05) is 0 Å². The Hall–Kier alpha value is -3.73. The van der Waals surface area contributed by atoms with Crippen molar-refractivity contribution in [3.8, 4) is 0 Å². The van der Waals surface area contributed by atoms with Gasteiger partial charge in [0, 0.05) is 61.2 Å². The Labute approximate surface area is 205 Å². The standard InChI is InChI=1S/2C5H5N.C4H4N2.C4H4S.C3H3NS.C2H2N2S/c2*1-2-4-6-5-3-1;1-2-6-4-3-5-1;1-2-4-5-3-1;1-2-5-3-4-1;1-3-4-2-5-1/h2*1-5H;1-4H;1-4H;1-3H;1-2H. The average molecular weight is 494 g/mol. The van der Waals surface area contributed by atoms with Gasteiger partial charge in [-0.25, -0.2) is 0 Å². The van der Waals surface area contributed by atoms with E-state index in [0.717, 1.165) is 0 Å². The van der Waals surface area contributed by atoms with Crippen LogP contribution in [-0.4, -0.2) is 35.1 Å². The van der Waals surface area contributed by atoms with E-state index in [0.29, 0.717) is 0 Å². The molecule has 6 aromatic heterocycles. The summed E-state index contributed by atoms with van der Waals surface area (Å²) in [5, 5.41) is 13.0. The molecule has 33 heavy (non-hydrogen) atoms. The normalized spacial score (nSPS) is 8.00. The fourth-order valence-corrected chi connectivity index (χ4v) is 2.49. The summed E-state index contributed by atoms with van der Waals surface area (Å²) in [6.07, 6.45) is 15.3. The van der Waals surface area contributed by atoms with E-state index >= 15 is 0 Å². The molecule has 0 saturated carbocycles. The van der Waals surface area contributed by atoms with E-state index in [-0.39, 0.29) is 0 Å². The van der Waals surface area contributed by atoms with Crippen molar-refractivity contribution in [2.45, 2.75) is 0 Å². The Kier molecular flexibility index (Phi) is 20.3. The first-order chi connectivity index (χ1) is 16.5. The summed E-state index contributed by atoms with van der Waals surface area (Å²) in [5.74, 6) is 0.